The number of aryl methyl sites for hydroxylation is 1. The van der Waals surface area contributed by atoms with E-state index in [1.807, 2.05) is 35.9 Å². The van der Waals surface area contributed by atoms with E-state index in [1.54, 1.807) is 12.1 Å². The average Bonchev–Trinajstić information content (AvgIpc) is 3.09. The first-order chi connectivity index (χ1) is 10.2. The molecular formula is C15H14BrN3O2. The van der Waals surface area contributed by atoms with Gasteiger partial charge >= 0.3 is 0 Å². The molecule has 1 N–H and O–H groups in total. The summed E-state index contributed by atoms with van der Waals surface area (Å²) >= 11 is 3.18. The van der Waals surface area contributed by atoms with E-state index in [0.717, 1.165) is 23.1 Å². The third-order valence-corrected chi connectivity index (χ3v) is 3.67. The van der Waals surface area contributed by atoms with Crippen LogP contribution in [0.5, 0.6) is 0 Å². The van der Waals surface area contributed by atoms with Crippen LogP contribution in [0.15, 0.2) is 45.5 Å². The lowest BCUT2D eigenvalue weighted by atomic mass is 10.2. The van der Waals surface area contributed by atoms with Gasteiger partial charge in [0, 0.05) is 11.9 Å². The lowest BCUT2D eigenvalue weighted by molar-refractivity contribution is 0.0921. The third-order valence-electron chi connectivity index (χ3n) is 3.25. The normalized spacial score (nSPS) is 11.0. The smallest absolute Gasteiger partial charge is 0.287 e. The van der Waals surface area contributed by atoms with E-state index < -0.39 is 0 Å². The fraction of sp³-hybridized carbons (Fsp3) is 0.200. The Morgan fingerprint density at radius 1 is 1.33 bits per heavy atom. The zero-order valence-electron chi connectivity index (χ0n) is 11.5. The highest BCUT2D eigenvalue weighted by atomic mass is 79.9. The summed E-state index contributed by atoms with van der Waals surface area (Å²) in [6, 6.07) is 11.3. The lowest BCUT2D eigenvalue weighted by Gasteiger charge is -2.00. The standard InChI is InChI=1S/C15H14BrN3O2/c1-2-19-12-6-4-3-5-10(12)11(18-19)9-17-15(20)13-7-8-14(16)21-13/h3-8H,2,9H2,1H3,(H,17,20). The molecular weight excluding hydrogens is 334 g/mol. The van der Waals surface area contributed by atoms with E-state index in [9.17, 15) is 4.79 Å². The molecule has 0 unspecified atom stereocenters. The molecule has 0 spiro atoms. The van der Waals surface area contributed by atoms with Crippen molar-refractivity contribution in [2.75, 3.05) is 0 Å². The van der Waals surface area contributed by atoms with Crippen LogP contribution in [0.2, 0.25) is 0 Å². The maximum absolute atomic E-state index is 12.0. The zero-order valence-corrected chi connectivity index (χ0v) is 13.1. The number of hydrogen-bond acceptors (Lipinski definition) is 3. The number of nitrogens with one attached hydrogen (secondary N) is 1. The highest BCUT2D eigenvalue weighted by Gasteiger charge is 2.13. The Kier molecular flexibility index (Phi) is 3.79. The van der Waals surface area contributed by atoms with E-state index >= 15 is 0 Å². The van der Waals surface area contributed by atoms with Crippen LogP contribution in [0.1, 0.15) is 23.2 Å². The molecule has 0 saturated carbocycles. The van der Waals surface area contributed by atoms with Crippen molar-refractivity contribution >= 4 is 32.7 Å². The van der Waals surface area contributed by atoms with Crippen LogP contribution in [0, 0.1) is 0 Å². The highest BCUT2D eigenvalue weighted by molar-refractivity contribution is 9.10. The molecule has 0 aliphatic heterocycles. The fourth-order valence-corrected chi connectivity index (χ4v) is 2.56. The summed E-state index contributed by atoms with van der Waals surface area (Å²) in [4.78, 5) is 12.0. The van der Waals surface area contributed by atoms with Gasteiger partial charge in [-0.05, 0) is 41.1 Å². The van der Waals surface area contributed by atoms with Gasteiger partial charge in [-0.15, -0.1) is 0 Å². The molecule has 0 radical (unpaired) electrons. The second kappa shape index (κ2) is 5.73. The van der Waals surface area contributed by atoms with Crippen LogP contribution in [-0.4, -0.2) is 15.7 Å². The molecule has 3 aromatic rings. The van der Waals surface area contributed by atoms with Crippen molar-refractivity contribution in [1.82, 2.24) is 15.1 Å². The van der Waals surface area contributed by atoms with Gasteiger partial charge in [0.2, 0.25) is 0 Å². The first kappa shape index (κ1) is 13.9. The first-order valence-electron chi connectivity index (χ1n) is 6.67. The monoisotopic (exact) mass is 347 g/mol. The summed E-state index contributed by atoms with van der Waals surface area (Å²) in [7, 11) is 0. The number of furan rings is 1. The Bertz CT molecular complexity index is 791. The van der Waals surface area contributed by atoms with Crippen molar-refractivity contribution in [2.24, 2.45) is 0 Å². The van der Waals surface area contributed by atoms with E-state index in [4.69, 9.17) is 4.42 Å². The number of carbonyl (C=O) groups is 1. The van der Waals surface area contributed by atoms with Crippen molar-refractivity contribution in [1.29, 1.82) is 0 Å². The molecule has 108 valence electrons. The lowest BCUT2D eigenvalue weighted by Crippen LogP contribution is -2.22. The van der Waals surface area contributed by atoms with Crippen molar-refractivity contribution in [2.45, 2.75) is 20.0 Å². The van der Waals surface area contributed by atoms with Gasteiger partial charge in [-0.3, -0.25) is 9.48 Å². The van der Waals surface area contributed by atoms with Gasteiger partial charge in [0.25, 0.3) is 5.91 Å². The second-order valence-corrected chi connectivity index (χ2v) is 5.35. The second-order valence-electron chi connectivity index (χ2n) is 4.57. The van der Waals surface area contributed by atoms with Crippen molar-refractivity contribution in [3.8, 4) is 0 Å². The Morgan fingerprint density at radius 3 is 2.86 bits per heavy atom. The number of carbonyl (C=O) groups excluding carboxylic acids is 1. The molecule has 6 heteroatoms. The molecule has 3 rings (SSSR count). The molecule has 0 aliphatic rings. The molecule has 5 nitrogen and oxygen atoms in total. The SMILES string of the molecule is CCn1nc(CNC(=O)c2ccc(Br)o2)c2ccccc21. The molecule has 0 aliphatic carbocycles. The van der Waals surface area contributed by atoms with Gasteiger partial charge < -0.3 is 9.73 Å². The molecule has 21 heavy (non-hydrogen) atoms. The summed E-state index contributed by atoms with van der Waals surface area (Å²) in [5, 5.41) is 8.43. The third kappa shape index (κ3) is 2.71. The van der Waals surface area contributed by atoms with E-state index in [1.165, 1.54) is 0 Å². The summed E-state index contributed by atoms with van der Waals surface area (Å²) in [5.74, 6) is 0.0249. The predicted octanol–water partition coefficient (Wildman–Crippen LogP) is 3.34. The molecule has 2 heterocycles. The quantitative estimate of drug-likeness (QED) is 0.787. The average molecular weight is 348 g/mol. The summed E-state index contributed by atoms with van der Waals surface area (Å²) < 4.78 is 7.69. The predicted molar refractivity (Wildman–Crippen MR) is 83.0 cm³/mol. The number of hydrogen-bond donors (Lipinski definition) is 1. The molecule has 1 aromatic carbocycles. The molecule has 0 bridgehead atoms. The van der Waals surface area contributed by atoms with E-state index in [-0.39, 0.29) is 11.7 Å². The van der Waals surface area contributed by atoms with Crippen molar-refractivity contribution in [3.05, 3.63) is 52.5 Å². The van der Waals surface area contributed by atoms with Crippen LogP contribution < -0.4 is 5.32 Å². The first-order valence-corrected chi connectivity index (χ1v) is 7.46. The number of para-hydroxylation sites is 1. The fourth-order valence-electron chi connectivity index (χ4n) is 2.26. The Balaban J connectivity index is 1.81. The minimum atomic E-state index is -0.254. The van der Waals surface area contributed by atoms with Gasteiger partial charge in [-0.25, -0.2) is 0 Å². The number of fused-ring (bicyclic) bond motifs is 1. The van der Waals surface area contributed by atoms with Gasteiger partial charge in [0.15, 0.2) is 10.4 Å². The topological polar surface area (TPSA) is 60.1 Å². The number of nitrogens with zero attached hydrogens (tertiary/aromatic N) is 2. The van der Waals surface area contributed by atoms with Gasteiger partial charge in [0.1, 0.15) is 0 Å². The van der Waals surface area contributed by atoms with E-state index in [2.05, 4.69) is 26.3 Å². The van der Waals surface area contributed by atoms with Crippen LogP contribution in [0.3, 0.4) is 0 Å². The Labute approximate surface area is 130 Å². The number of amides is 1. The Morgan fingerprint density at radius 2 is 2.14 bits per heavy atom. The van der Waals surface area contributed by atoms with E-state index in [0.29, 0.717) is 11.2 Å². The van der Waals surface area contributed by atoms with Crippen LogP contribution in [0.25, 0.3) is 10.9 Å². The number of rotatable bonds is 4. The van der Waals surface area contributed by atoms with Crippen LogP contribution >= 0.6 is 15.9 Å². The summed E-state index contributed by atoms with van der Waals surface area (Å²) in [6.07, 6.45) is 0. The minimum Gasteiger partial charge on any atom is -0.444 e. The summed E-state index contributed by atoms with van der Waals surface area (Å²) in [5.41, 5.74) is 1.93. The maximum atomic E-state index is 12.0. The van der Waals surface area contributed by atoms with Crippen LogP contribution in [0.4, 0.5) is 0 Å². The van der Waals surface area contributed by atoms with Gasteiger partial charge in [-0.2, -0.15) is 5.10 Å². The van der Waals surface area contributed by atoms with Crippen molar-refractivity contribution < 1.29 is 9.21 Å². The maximum Gasteiger partial charge on any atom is 0.287 e. The highest BCUT2D eigenvalue weighted by Crippen LogP contribution is 2.19. The number of benzene rings is 1. The number of halogens is 1. The molecule has 1 amide bonds. The minimum absolute atomic E-state index is 0.254. The molecule has 0 fully saturated rings. The van der Waals surface area contributed by atoms with Crippen LogP contribution in [-0.2, 0) is 13.1 Å². The Hall–Kier alpha value is -2.08. The molecule has 2 aromatic heterocycles. The van der Waals surface area contributed by atoms with Crippen molar-refractivity contribution in [3.63, 3.8) is 0 Å². The zero-order chi connectivity index (χ0) is 14.8. The molecule has 0 saturated heterocycles. The van der Waals surface area contributed by atoms with Gasteiger partial charge in [-0.1, -0.05) is 18.2 Å². The summed E-state index contributed by atoms with van der Waals surface area (Å²) in [6.45, 7) is 3.20. The number of aromatic nitrogens is 2. The van der Waals surface area contributed by atoms with Gasteiger partial charge in [0.05, 0.1) is 17.8 Å². The molecule has 0 atom stereocenters. The largest absolute Gasteiger partial charge is 0.444 e.